The van der Waals surface area contributed by atoms with Crippen LogP contribution in [0.15, 0.2) is 0 Å². The molecule has 0 aromatic carbocycles. The summed E-state index contributed by atoms with van der Waals surface area (Å²) in [5.41, 5.74) is 2.76. The molecule has 1 atom stereocenters. The highest BCUT2D eigenvalue weighted by atomic mass is 16.2. The Morgan fingerprint density at radius 2 is 1.88 bits per heavy atom. The molecule has 4 rings (SSSR count). The molecule has 3 aliphatic heterocycles. The molecule has 7 nitrogen and oxygen atoms in total. The van der Waals surface area contributed by atoms with Crippen molar-refractivity contribution >= 4 is 11.8 Å². The molecule has 0 saturated carbocycles. The summed E-state index contributed by atoms with van der Waals surface area (Å²) in [4.78, 5) is 29.6. The fraction of sp³-hybridized carbons (Fsp3) is 0.722. The van der Waals surface area contributed by atoms with Crippen LogP contribution in [-0.4, -0.2) is 64.1 Å². The lowest BCUT2D eigenvalue weighted by atomic mass is 9.96. The van der Waals surface area contributed by atoms with E-state index >= 15 is 0 Å². The summed E-state index contributed by atoms with van der Waals surface area (Å²) >= 11 is 0. The number of carbonyl (C=O) groups excluding carboxylic acids is 2. The largest absolute Gasteiger partial charge is 0.342 e. The Balaban J connectivity index is 1.49. The van der Waals surface area contributed by atoms with E-state index in [1.807, 2.05) is 21.5 Å². The van der Waals surface area contributed by atoms with E-state index < -0.39 is 0 Å². The van der Waals surface area contributed by atoms with E-state index in [2.05, 4.69) is 10.4 Å². The fourth-order valence-electron chi connectivity index (χ4n) is 4.40. The third kappa shape index (κ3) is 3.05. The number of nitrogens with one attached hydrogen (secondary N) is 1. The van der Waals surface area contributed by atoms with E-state index in [1.54, 1.807) is 0 Å². The molecular formula is C18H27N5O2. The third-order valence-electron chi connectivity index (χ3n) is 5.79. The SMILES string of the molecule is Cn1nc(C(=O)N2CCC[C@H](C(=O)N3CCCC3)C2)c2c1CCNC2. The minimum Gasteiger partial charge on any atom is -0.342 e. The van der Waals surface area contributed by atoms with Crippen molar-refractivity contribution in [3.63, 3.8) is 0 Å². The molecule has 7 heteroatoms. The average molecular weight is 345 g/mol. The second-order valence-electron chi connectivity index (χ2n) is 7.45. The predicted molar refractivity (Wildman–Crippen MR) is 93.1 cm³/mol. The van der Waals surface area contributed by atoms with E-state index in [4.69, 9.17) is 0 Å². The van der Waals surface area contributed by atoms with Crippen LogP contribution in [0.2, 0.25) is 0 Å². The molecule has 2 fully saturated rings. The Bertz CT molecular complexity index is 677. The van der Waals surface area contributed by atoms with Gasteiger partial charge in [0.1, 0.15) is 0 Å². The highest BCUT2D eigenvalue weighted by Crippen LogP contribution is 2.24. The summed E-state index contributed by atoms with van der Waals surface area (Å²) in [5.74, 6) is 0.174. The van der Waals surface area contributed by atoms with Crippen LogP contribution in [0.3, 0.4) is 0 Å². The van der Waals surface area contributed by atoms with Crippen LogP contribution in [-0.2, 0) is 24.8 Å². The molecule has 1 aromatic heterocycles. The molecule has 136 valence electrons. The number of carbonyl (C=O) groups is 2. The first-order chi connectivity index (χ1) is 12.1. The number of rotatable bonds is 2. The molecule has 1 N–H and O–H groups in total. The molecule has 1 aromatic rings. The number of nitrogens with zero attached hydrogens (tertiary/aromatic N) is 4. The van der Waals surface area contributed by atoms with Gasteiger partial charge in [-0.2, -0.15) is 5.10 Å². The molecule has 4 heterocycles. The van der Waals surface area contributed by atoms with Gasteiger partial charge in [0.2, 0.25) is 5.91 Å². The monoisotopic (exact) mass is 345 g/mol. The van der Waals surface area contributed by atoms with Crippen LogP contribution in [0.4, 0.5) is 0 Å². The topological polar surface area (TPSA) is 70.5 Å². The number of likely N-dealkylation sites (tertiary alicyclic amines) is 2. The van der Waals surface area contributed by atoms with Crippen molar-refractivity contribution in [1.29, 1.82) is 0 Å². The second kappa shape index (κ2) is 6.78. The molecule has 0 bridgehead atoms. The summed E-state index contributed by atoms with van der Waals surface area (Å²) in [7, 11) is 1.91. The smallest absolute Gasteiger partial charge is 0.274 e. The predicted octanol–water partition coefficient (Wildman–Crippen LogP) is 0.540. The summed E-state index contributed by atoms with van der Waals surface area (Å²) < 4.78 is 1.85. The highest BCUT2D eigenvalue weighted by molar-refractivity contribution is 5.94. The van der Waals surface area contributed by atoms with E-state index in [0.717, 1.165) is 69.5 Å². The van der Waals surface area contributed by atoms with Crippen LogP contribution in [0.1, 0.15) is 47.4 Å². The van der Waals surface area contributed by atoms with Crippen molar-refractivity contribution < 1.29 is 9.59 Å². The van der Waals surface area contributed by atoms with Crippen molar-refractivity contribution in [2.75, 3.05) is 32.7 Å². The van der Waals surface area contributed by atoms with E-state index in [9.17, 15) is 9.59 Å². The van der Waals surface area contributed by atoms with Crippen molar-refractivity contribution in [2.24, 2.45) is 13.0 Å². The fourth-order valence-corrected chi connectivity index (χ4v) is 4.40. The van der Waals surface area contributed by atoms with Gasteiger partial charge in [0.05, 0.1) is 5.92 Å². The molecule has 0 radical (unpaired) electrons. The molecule has 2 saturated heterocycles. The molecular weight excluding hydrogens is 318 g/mol. The Labute approximate surface area is 148 Å². The zero-order valence-electron chi connectivity index (χ0n) is 15.0. The average Bonchev–Trinajstić information content (AvgIpc) is 3.30. The summed E-state index contributed by atoms with van der Waals surface area (Å²) in [6.07, 6.45) is 4.90. The minimum absolute atomic E-state index is 0.0144. The minimum atomic E-state index is -0.0477. The number of hydrogen-bond donors (Lipinski definition) is 1. The Morgan fingerprint density at radius 1 is 1.12 bits per heavy atom. The lowest BCUT2D eigenvalue weighted by molar-refractivity contribution is -0.135. The van der Waals surface area contributed by atoms with E-state index in [-0.39, 0.29) is 17.7 Å². The first kappa shape index (κ1) is 16.6. The van der Waals surface area contributed by atoms with Gasteiger partial charge in [-0.05, 0) is 25.7 Å². The maximum Gasteiger partial charge on any atom is 0.274 e. The molecule has 0 unspecified atom stereocenters. The number of aryl methyl sites for hydroxylation is 1. The molecule has 0 spiro atoms. The van der Waals surface area contributed by atoms with Gasteiger partial charge in [-0.15, -0.1) is 0 Å². The van der Waals surface area contributed by atoms with Crippen molar-refractivity contribution in [1.82, 2.24) is 24.9 Å². The highest BCUT2D eigenvalue weighted by Gasteiger charge is 2.34. The number of piperidine rings is 1. The summed E-state index contributed by atoms with van der Waals surface area (Å²) in [6, 6.07) is 0. The maximum atomic E-state index is 13.1. The molecule has 2 amide bonds. The van der Waals surface area contributed by atoms with Crippen molar-refractivity contribution in [2.45, 2.75) is 38.6 Å². The Hall–Kier alpha value is -1.89. The van der Waals surface area contributed by atoms with Crippen molar-refractivity contribution in [3.8, 4) is 0 Å². The van der Waals surface area contributed by atoms with Crippen LogP contribution in [0, 0.1) is 5.92 Å². The van der Waals surface area contributed by atoms with Crippen LogP contribution in [0.25, 0.3) is 0 Å². The van der Waals surface area contributed by atoms with Crippen molar-refractivity contribution in [3.05, 3.63) is 17.0 Å². The van der Waals surface area contributed by atoms with Gasteiger partial charge in [-0.1, -0.05) is 0 Å². The van der Waals surface area contributed by atoms with Crippen LogP contribution >= 0.6 is 0 Å². The molecule has 3 aliphatic rings. The van der Waals surface area contributed by atoms with Crippen LogP contribution < -0.4 is 5.32 Å². The van der Waals surface area contributed by atoms with Gasteiger partial charge < -0.3 is 15.1 Å². The van der Waals surface area contributed by atoms with Gasteiger partial charge in [-0.3, -0.25) is 14.3 Å². The second-order valence-corrected chi connectivity index (χ2v) is 7.45. The lowest BCUT2D eigenvalue weighted by Gasteiger charge is -2.33. The van der Waals surface area contributed by atoms with E-state index in [0.29, 0.717) is 18.8 Å². The van der Waals surface area contributed by atoms with Gasteiger partial charge in [0, 0.05) is 64.0 Å². The maximum absolute atomic E-state index is 13.1. The van der Waals surface area contributed by atoms with Gasteiger partial charge in [0.15, 0.2) is 5.69 Å². The lowest BCUT2D eigenvalue weighted by Crippen LogP contribution is -2.46. The van der Waals surface area contributed by atoms with E-state index in [1.165, 1.54) is 0 Å². The zero-order chi connectivity index (χ0) is 17.4. The number of fused-ring (bicyclic) bond motifs is 1. The van der Waals surface area contributed by atoms with Gasteiger partial charge in [-0.25, -0.2) is 0 Å². The first-order valence-corrected chi connectivity index (χ1v) is 9.48. The standard InChI is InChI=1S/C18H27N5O2/c1-21-15-6-7-19-11-14(15)16(20-21)18(25)23-10-4-5-13(12-23)17(24)22-8-2-3-9-22/h13,19H,2-12H2,1H3/t13-/m0/s1. The number of amides is 2. The molecule has 0 aliphatic carbocycles. The number of hydrogen-bond acceptors (Lipinski definition) is 4. The number of aromatic nitrogens is 2. The Kier molecular flexibility index (Phi) is 4.50. The quantitative estimate of drug-likeness (QED) is 0.849. The summed E-state index contributed by atoms with van der Waals surface area (Å²) in [6.45, 7) is 4.64. The molecule has 25 heavy (non-hydrogen) atoms. The Morgan fingerprint density at radius 3 is 2.68 bits per heavy atom. The third-order valence-corrected chi connectivity index (χ3v) is 5.79. The first-order valence-electron chi connectivity index (χ1n) is 9.48. The summed E-state index contributed by atoms with van der Waals surface area (Å²) in [5, 5.41) is 7.84. The van der Waals surface area contributed by atoms with Gasteiger partial charge in [0.25, 0.3) is 5.91 Å². The van der Waals surface area contributed by atoms with Gasteiger partial charge >= 0.3 is 0 Å². The van der Waals surface area contributed by atoms with Crippen LogP contribution in [0.5, 0.6) is 0 Å². The zero-order valence-corrected chi connectivity index (χ0v) is 15.0. The normalized spacial score (nSPS) is 23.6.